The molecular weight excluding hydrogens is 244 g/mol. The van der Waals surface area contributed by atoms with Gasteiger partial charge in [-0.05, 0) is 30.3 Å². The van der Waals surface area contributed by atoms with Gasteiger partial charge in [0.15, 0.2) is 0 Å². The molecule has 0 saturated carbocycles. The molecule has 0 aliphatic rings. The minimum absolute atomic E-state index is 0.0388. The fourth-order valence-corrected chi connectivity index (χ4v) is 1.65. The normalized spacial score (nSPS) is 9.95. The molecule has 0 aliphatic carbocycles. The number of hydrogen-bond donors (Lipinski definition) is 3. The van der Waals surface area contributed by atoms with E-state index >= 15 is 0 Å². The zero-order chi connectivity index (χ0) is 13.8. The monoisotopic (exact) mass is 258 g/mol. The number of carbonyl (C=O) groups is 1. The second-order valence-electron chi connectivity index (χ2n) is 3.96. The minimum atomic E-state index is -0.334. The van der Waals surface area contributed by atoms with Gasteiger partial charge in [0.25, 0.3) is 5.91 Å². The van der Waals surface area contributed by atoms with Crippen LogP contribution in [0.3, 0.4) is 0 Å². The molecule has 2 aromatic carbocycles. The molecule has 1 amide bonds. The van der Waals surface area contributed by atoms with Crippen molar-refractivity contribution in [1.29, 1.82) is 0 Å². The molecule has 0 radical (unpaired) electrons. The number of nitrogens with two attached hydrogens (primary N) is 1. The smallest absolute Gasteiger partial charge is 0.255 e. The molecule has 5 heteroatoms. The molecule has 0 aromatic heterocycles. The van der Waals surface area contributed by atoms with Gasteiger partial charge in [0.2, 0.25) is 0 Å². The molecule has 4 N–H and O–H groups in total. The number of nitrogens with one attached hydrogen (secondary N) is 1. The van der Waals surface area contributed by atoms with Crippen LogP contribution in [0.15, 0.2) is 42.5 Å². The lowest BCUT2D eigenvalue weighted by Gasteiger charge is -2.10. The number of rotatable bonds is 3. The van der Waals surface area contributed by atoms with Gasteiger partial charge in [-0.3, -0.25) is 4.79 Å². The fraction of sp³-hybridized carbons (Fsp3) is 0.0714. The van der Waals surface area contributed by atoms with Gasteiger partial charge in [0, 0.05) is 17.3 Å². The van der Waals surface area contributed by atoms with Crippen LogP contribution in [-0.2, 0) is 0 Å². The van der Waals surface area contributed by atoms with E-state index in [0.717, 1.165) is 0 Å². The van der Waals surface area contributed by atoms with E-state index in [4.69, 9.17) is 10.5 Å². The highest BCUT2D eigenvalue weighted by Gasteiger charge is 2.10. The van der Waals surface area contributed by atoms with Crippen molar-refractivity contribution in [1.82, 2.24) is 0 Å². The number of phenolic OH excluding ortho intramolecular Hbond substituents is 1. The summed E-state index contributed by atoms with van der Waals surface area (Å²) in [5.41, 5.74) is 7.07. The highest BCUT2D eigenvalue weighted by molar-refractivity contribution is 6.05. The highest BCUT2D eigenvalue weighted by atomic mass is 16.5. The average Bonchev–Trinajstić information content (AvgIpc) is 2.40. The Balaban J connectivity index is 2.24. The van der Waals surface area contributed by atoms with Gasteiger partial charge >= 0.3 is 0 Å². The first-order valence-corrected chi connectivity index (χ1v) is 5.64. The van der Waals surface area contributed by atoms with Crippen molar-refractivity contribution in [3.63, 3.8) is 0 Å². The summed E-state index contributed by atoms with van der Waals surface area (Å²) < 4.78 is 5.14. The summed E-state index contributed by atoms with van der Waals surface area (Å²) in [4.78, 5) is 12.0. The van der Waals surface area contributed by atoms with Gasteiger partial charge in [-0.1, -0.05) is 6.07 Å². The fourth-order valence-electron chi connectivity index (χ4n) is 1.65. The molecule has 2 aromatic rings. The number of aromatic hydroxyl groups is 1. The van der Waals surface area contributed by atoms with Crippen LogP contribution >= 0.6 is 0 Å². The summed E-state index contributed by atoms with van der Waals surface area (Å²) in [6, 6.07) is 11.1. The van der Waals surface area contributed by atoms with Gasteiger partial charge in [-0.25, -0.2) is 0 Å². The van der Waals surface area contributed by atoms with Crippen LogP contribution in [-0.4, -0.2) is 18.1 Å². The second kappa shape index (κ2) is 5.30. The van der Waals surface area contributed by atoms with Crippen LogP contribution in [0.2, 0.25) is 0 Å². The molecule has 98 valence electrons. The number of hydrogen-bond acceptors (Lipinski definition) is 4. The van der Waals surface area contributed by atoms with E-state index in [-0.39, 0.29) is 11.7 Å². The van der Waals surface area contributed by atoms with Gasteiger partial charge < -0.3 is 20.9 Å². The number of benzene rings is 2. The van der Waals surface area contributed by atoms with E-state index < -0.39 is 0 Å². The topological polar surface area (TPSA) is 84.6 Å². The van der Waals surface area contributed by atoms with Crippen LogP contribution in [0.1, 0.15) is 10.4 Å². The number of phenols is 1. The van der Waals surface area contributed by atoms with Crippen LogP contribution in [0, 0.1) is 0 Å². The summed E-state index contributed by atoms with van der Waals surface area (Å²) in [5, 5.41) is 12.0. The number of nitrogen functional groups attached to an aromatic ring is 1. The van der Waals surface area contributed by atoms with Gasteiger partial charge in [0.05, 0.1) is 12.8 Å². The first-order valence-electron chi connectivity index (χ1n) is 5.64. The predicted molar refractivity (Wildman–Crippen MR) is 73.5 cm³/mol. The van der Waals surface area contributed by atoms with Crippen LogP contribution in [0.25, 0.3) is 0 Å². The molecule has 0 heterocycles. The van der Waals surface area contributed by atoms with Gasteiger partial charge in [-0.15, -0.1) is 0 Å². The van der Waals surface area contributed by atoms with Crippen molar-refractivity contribution in [2.24, 2.45) is 0 Å². The zero-order valence-corrected chi connectivity index (χ0v) is 10.4. The van der Waals surface area contributed by atoms with Crippen molar-refractivity contribution < 1.29 is 14.6 Å². The molecule has 0 aliphatic heterocycles. The Kier molecular flexibility index (Phi) is 3.56. The van der Waals surface area contributed by atoms with Crippen LogP contribution in [0.5, 0.6) is 11.5 Å². The van der Waals surface area contributed by atoms with Crippen molar-refractivity contribution in [3.8, 4) is 11.5 Å². The summed E-state index contributed by atoms with van der Waals surface area (Å²) in [6.45, 7) is 0. The third-order valence-electron chi connectivity index (χ3n) is 2.58. The maximum atomic E-state index is 12.0. The quantitative estimate of drug-likeness (QED) is 0.737. The lowest BCUT2D eigenvalue weighted by molar-refractivity contribution is 0.102. The van der Waals surface area contributed by atoms with E-state index in [1.54, 1.807) is 30.3 Å². The zero-order valence-electron chi connectivity index (χ0n) is 10.4. The third-order valence-corrected chi connectivity index (χ3v) is 2.58. The van der Waals surface area contributed by atoms with Crippen LogP contribution < -0.4 is 15.8 Å². The maximum Gasteiger partial charge on any atom is 0.255 e. The van der Waals surface area contributed by atoms with E-state index in [0.29, 0.717) is 22.7 Å². The molecule has 0 bridgehead atoms. The summed E-state index contributed by atoms with van der Waals surface area (Å²) in [6.07, 6.45) is 0. The Morgan fingerprint density at radius 1 is 1.26 bits per heavy atom. The van der Waals surface area contributed by atoms with E-state index in [9.17, 15) is 9.90 Å². The van der Waals surface area contributed by atoms with Gasteiger partial charge in [-0.2, -0.15) is 0 Å². The summed E-state index contributed by atoms with van der Waals surface area (Å²) >= 11 is 0. The van der Waals surface area contributed by atoms with E-state index in [1.165, 1.54) is 19.2 Å². The SMILES string of the molecule is COc1cc(N)ccc1NC(=O)c1cccc(O)c1. The Bertz CT molecular complexity index is 611. The van der Waals surface area contributed by atoms with E-state index in [1.807, 2.05) is 0 Å². The number of amides is 1. The van der Waals surface area contributed by atoms with E-state index in [2.05, 4.69) is 5.32 Å². The van der Waals surface area contributed by atoms with Crippen molar-refractivity contribution >= 4 is 17.3 Å². The molecule has 0 atom stereocenters. The van der Waals surface area contributed by atoms with Gasteiger partial charge in [0.1, 0.15) is 11.5 Å². The average molecular weight is 258 g/mol. The Morgan fingerprint density at radius 2 is 2.05 bits per heavy atom. The second-order valence-corrected chi connectivity index (χ2v) is 3.96. The standard InChI is InChI=1S/C14H14N2O3/c1-19-13-8-10(15)5-6-12(13)16-14(18)9-3-2-4-11(17)7-9/h2-8,17H,15H2,1H3,(H,16,18). The Morgan fingerprint density at radius 3 is 2.74 bits per heavy atom. The molecular formula is C14H14N2O3. The molecule has 0 fully saturated rings. The highest BCUT2D eigenvalue weighted by Crippen LogP contribution is 2.27. The summed E-state index contributed by atoms with van der Waals surface area (Å²) in [5.74, 6) is 0.185. The Hall–Kier alpha value is -2.69. The largest absolute Gasteiger partial charge is 0.508 e. The predicted octanol–water partition coefficient (Wildman–Crippen LogP) is 2.24. The van der Waals surface area contributed by atoms with Crippen molar-refractivity contribution in [3.05, 3.63) is 48.0 Å². The Labute approximate surface area is 110 Å². The van der Waals surface area contributed by atoms with Crippen LogP contribution in [0.4, 0.5) is 11.4 Å². The third kappa shape index (κ3) is 2.95. The number of ether oxygens (including phenoxy) is 1. The number of carbonyl (C=O) groups excluding carboxylic acids is 1. The number of methoxy groups -OCH3 is 1. The molecule has 19 heavy (non-hydrogen) atoms. The first kappa shape index (κ1) is 12.8. The molecule has 2 rings (SSSR count). The lowest BCUT2D eigenvalue weighted by atomic mass is 10.2. The lowest BCUT2D eigenvalue weighted by Crippen LogP contribution is -2.12. The molecule has 0 saturated heterocycles. The molecule has 0 unspecified atom stereocenters. The van der Waals surface area contributed by atoms with Crippen molar-refractivity contribution in [2.75, 3.05) is 18.2 Å². The van der Waals surface area contributed by atoms with Crippen molar-refractivity contribution in [2.45, 2.75) is 0 Å². The number of anilines is 2. The minimum Gasteiger partial charge on any atom is -0.508 e. The molecule has 5 nitrogen and oxygen atoms in total. The maximum absolute atomic E-state index is 12.0. The summed E-state index contributed by atoms with van der Waals surface area (Å²) in [7, 11) is 1.50. The first-order chi connectivity index (χ1) is 9.10. The molecule has 0 spiro atoms.